The van der Waals surface area contributed by atoms with Gasteiger partial charge in [0.2, 0.25) is 5.91 Å². The Labute approximate surface area is 168 Å². The average Bonchev–Trinajstić information content (AvgIpc) is 2.96. The lowest BCUT2D eigenvalue weighted by atomic mass is 10.2. The SMILES string of the molecule is COc1ccc(S(=O)(=O)CCCC(=O)N=c2sc3cc(C)ccc3n2C)cc1. The molecule has 1 aromatic heterocycles. The Morgan fingerprint density at radius 1 is 1.18 bits per heavy atom. The minimum absolute atomic E-state index is 0.0860. The molecule has 6 nitrogen and oxygen atoms in total. The maximum atomic E-state index is 12.4. The second kappa shape index (κ2) is 8.28. The molecule has 8 heteroatoms. The number of aromatic nitrogens is 1. The Hall–Kier alpha value is -2.45. The summed E-state index contributed by atoms with van der Waals surface area (Å²) in [6.45, 7) is 2.02. The molecular formula is C20H22N2O4S2. The normalized spacial score (nSPS) is 12.5. The highest BCUT2D eigenvalue weighted by Crippen LogP contribution is 2.19. The van der Waals surface area contributed by atoms with Crippen LogP contribution in [-0.2, 0) is 21.7 Å². The Kier molecular flexibility index (Phi) is 6.00. The molecule has 3 aromatic rings. The number of rotatable bonds is 6. The average molecular weight is 419 g/mol. The summed E-state index contributed by atoms with van der Waals surface area (Å²) in [5.41, 5.74) is 2.17. The van der Waals surface area contributed by atoms with Crippen LogP contribution in [0.1, 0.15) is 18.4 Å². The number of aryl methyl sites for hydroxylation is 2. The number of amides is 1. The Balaban J connectivity index is 1.67. The van der Waals surface area contributed by atoms with E-state index >= 15 is 0 Å². The van der Waals surface area contributed by atoms with Gasteiger partial charge in [0.1, 0.15) is 5.75 Å². The summed E-state index contributed by atoms with van der Waals surface area (Å²) in [5, 5.41) is 0. The first-order valence-electron chi connectivity index (χ1n) is 8.81. The summed E-state index contributed by atoms with van der Waals surface area (Å²) in [5.74, 6) is 0.182. The first-order valence-corrected chi connectivity index (χ1v) is 11.3. The van der Waals surface area contributed by atoms with E-state index in [2.05, 4.69) is 11.1 Å². The van der Waals surface area contributed by atoms with Gasteiger partial charge < -0.3 is 9.30 Å². The van der Waals surface area contributed by atoms with Gasteiger partial charge in [-0.3, -0.25) is 4.79 Å². The number of ether oxygens (including phenoxy) is 1. The van der Waals surface area contributed by atoms with Crippen molar-refractivity contribution in [2.24, 2.45) is 12.0 Å². The first-order chi connectivity index (χ1) is 13.3. The highest BCUT2D eigenvalue weighted by Gasteiger charge is 2.15. The molecule has 0 aliphatic heterocycles. The third-order valence-electron chi connectivity index (χ3n) is 4.41. The number of carbonyl (C=O) groups is 1. The monoisotopic (exact) mass is 418 g/mol. The number of hydrogen-bond donors (Lipinski definition) is 0. The lowest BCUT2D eigenvalue weighted by molar-refractivity contribution is -0.118. The van der Waals surface area contributed by atoms with Crippen LogP contribution in [-0.4, -0.2) is 31.8 Å². The third kappa shape index (κ3) is 4.51. The molecule has 28 heavy (non-hydrogen) atoms. The highest BCUT2D eigenvalue weighted by molar-refractivity contribution is 7.91. The van der Waals surface area contributed by atoms with Gasteiger partial charge in [-0.05, 0) is 55.3 Å². The van der Waals surface area contributed by atoms with Crippen molar-refractivity contribution in [3.05, 3.63) is 52.8 Å². The molecule has 1 amide bonds. The standard InChI is InChI=1S/C20H22N2O4S2/c1-14-6-11-17-18(13-14)27-20(22(17)2)21-19(23)5-4-12-28(24,25)16-9-7-15(26-3)8-10-16/h6-11,13H,4-5,12H2,1-3H3. The number of methoxy groups -OCH3 is 1. The molecule has 0 spiro atoms. The minimum atomic E-state index is -3.44. The Morgan fingerprint density at radius 3 is 2.57 bits per heavy atom. The molecule has 0 aliphatic rings. The number of nitrogens with zero attached hydrogens (tertiary/aromatic N) is 2. The van der Waals surface area contributed by atoms with Gasteiger partial charge in [-0.2, -0.15) is 4.99 Å². The fraction of sp³-hybridized carbons (Fsp3) is 0.300. The van der Waals surface area contributed by atoms with E-state index in [0.29, 0.717) is 10.6 Å². The molecule has 0 N–H and O–H groups in total. The van der Waals surface area contributed by atoms with Crippen molar-refractivity contribution >= 4 is 37.3 Å². The second-order valence-corrected chi connectivity index (χ2v) is 9.64. The summed E-state index contributed by atoms with van der Waals surface area (Å²) in [7, 11) is -0.0456. The van der Waals surface area contributed by atoms with E-state index in [-0.39, 0.29) is 29.4 Å². The summed E-state index contributed by atoms with van der Waals surface area (Å²) in [6, 6.07) is 12.3. The van der Waals surface area contributed by atoms with Crippen LogP contribution in [0.5, 0.6) is 5.75 Å². The van der Waals surface area contributed by atoms with Crippen molar-refractivity contribution in [2.45, 2.75) is 24.7 Å². The van der Waals surface area contributed by atoms with Crippen LogP contribution in [0.4, 0.5) is 0 Å². The molecule has 0 saturated carbocycles. The molecule has 0 unspecified atom stereocenters. The van der Waals surface area contributed by atoms with Crippen molar-refractivity contribution in [2.75, 3.05) is 12.9 Å². The van der Waals surface area contributed by atoms with E-state index in [1.807, 2.05) is 30.7 Å². The Bertz CT molecular complexity index is 1170. The smallest absolute Gasteiger partial charge is 0.248 e. The van der Waals surface area contributed by atoms with E-state index in [1.54, 1.807) is 12.1 Å². The molecule has 0 radical (unpaired) electrons. The maximum Gasteiger partial charge on any atom is 0.248 e. The van der Waals surface area contributed by atoms with E-state index in [4.69, 9.17) is 4.74 Å². The molecule has 148 valence electrons. The maximum absolute atomic E-state index is 12.4. The van der Waals surface area contributed by atoms with Gasteiger partial charge in [0, 0.05) is 13.5 Å². The zero-order valence-electron chi connectivity index (χ0n) is 16.0. The minimum Gasteiger partial charge on any atom is -0.497 e. The molecule has 0 saturated heterocycles. The summed E-state index contributed by atoms with van der Waals surface area (Å²) in [6.07, 6.45) is 0.313. The molecule has 3 rings (SSSR count). The van der Waals surface area contributed by atoms with E-state index in [1.165, 1.54) is 30.6 Å². The lowest BCUT2D eigenvalue weighted by Gasteiger charge is -2.05. The van der Waals surface area contributed by atoms with Gasteiger partial charge in [-0.15, -0.1) is 0 Å². The topological polar surface area (TPSA) is 77.7 Å². The van der Waals surface area contributed by atoms with Crippen LogP contribution in [0, 0.1) is 6.92 Å². The van der Waals surface area contributed by atoms with Crippen molar-refractivity contribution in [1.29, 1.82) is 0 Å². The van der Waals surface area contributed by atoms with Gasteiger partial charge in [-0.1, -0.05) is 17.4 Å². The van der Waals surface area contributed by atoms with Gasteiger partial charge >= 0.3 is 0 Å². The van der Waals surface area contributed by atoms with Crippen LogP contribution in [0.3, 0.4) is 0 Å². The van der Waals surface area contributed by atoms with Crippen LogP contribution in [0.25, 0.3) is 10.2 Å². The quantitative estimate of drug-likeness (QED) is 0.616. The molecule has 2 aromatic carbocycles. The van der Waals surface area contributed by atoms with Crippen molar-refractivity contribution < 1.29 is 17.9 Å². The van der Waals surface area contributed by atoms with Crippen LogP contribution in [0.2, 0.25) is 0 Å². The third-order valence-corrected chi connectivity index (χ3v) is 7.32. The predicted molar refractivity (Wildman–Crippen MR) is 110 cm³/mol. The summed E-state index contributed by atoms with van der Waals surface area (Å²) >= 11 is 1.45. The van der Waals surface area contributed by atoms with E-state index in [0.717, 1.165) is 15.8 Å². The number of fused-ring (bicyclic) bond motifs is 1. The number of hydrogen-bond acceptors (Lipinski definition) is 5. The van der Waals surface area contributed by atoms with E-state index in [9.17, 15) is 13.2 Å². The van der Waals surface area contributed by atoms with Gasteiger partial charge in [-0.25, -0.2) is 8.42 Å². The van der Waals surface area contributed by atoms with Crippen LogP contribution < -0.4 is 9.54 Å². The highest BCUT2D eigenvalue weighted by atomic mass is 32.2. The van der Waals surface area contributed by atoms with E-state index < -0.39 is 9.84 Å². The molecular weight excluding hydrogens is 396 g/mol. The first kappa shape index (κ1) is 20.3. The number of thiazole rings is 1. The summed E-state index contributed by atoms with van der Waals surface area (Å²) < 4.78 is 32.8. The second-order valence-electron chi connectivity index (χ2n) is 6.52. The number of benzene rings is 2. The summed E-state index contributed by atoms with van der Waals surface area (Å²) in [4.78, 5) is 17.2. The zero-order valence-corrected chi connectivity index (χ0v) is 17.6. The van der Waals surface area contributed by atoms with Crippen molar-refractivity contribution in [3.63, 3.8) is 0 Å². The fourth-order valence-corrected chi connectivity index (χ4v) is 5.27. The molecule has 1 heterocycles. The number of carbonyl (C=O) groups excluding carboxylic acids is 1. The largest absolute Gasteiger partial charge is 0.497 e. The molecule has 0 fully saturated rings. The lowest BCUT2D eigenvalue weighted by Crippen LogP contribution is -2.14. The van der Waals surface area contributed by atoms with Crippen molar-refractivity contribution in [1.82, 2.24) is 4.57 Å². The predicted octanol–water partition coefficient (Wildman–Crippen LogP) is 3.24. The van der Waals surface area contributed by atoms with Crippen molar-refractivity contribution in [3.8, 4) is 5.75 Å². The van der Waals surface area contributed by atoms with Crippen LogP contribution >= 0.6 is 11.3 Å². The molecule has 0 aliphatic carbocycles. The fourth-order valence-electron chi connectivity index (χ4n) is 2.82. The number of sulfone groups is 1. The van der Waals surface area contributed by atoms with Gasteiger partial charge in [0.05, 0.1) is 28.0 Å². The zero-order chi connectivity index (χ0) is 20.3. The molecule has 0 atom stereocenters. The molecule has 0 bridgehead atoms. The van der Waals surface area contributed by atoms with Crippen LogP contribution in [0.15, 0.2) is 52.4 Å². The van der Waals surface area contributed by atoms with Gasteiger partial charge in [0.15, 0.2) is 14.6 Å². The Morgan fingerprint density at radius 2 is 1.89 bits per heavy atom. The van der Waals surface area contributed by atoms with Gasteiger partial charge in [0.25, 0.3) is 0 Å².